The highest BCUT2D eigenvalue weighted by Crippen LogP contribution is 2.52. The number of hydrogen-bond donors (Lipinski definition) is 1. The Morgan fingerprint density at radius 3 is 3.07 bits per heavy atom. The standard InChI is InChI=1S/C13H16O2/c14-11-3-1-2-5-13-6-4-9(7-10(11)13)8-12(13)15/h1-2,4,6,9-11,14H,3,5,7-8H2/t9-,10?,11-,13+/m1/s1. The summed E-state index contributed by atoms with van der Waals surface area (Å²) in [7, 11) is 0. The van der Waals surface area contributed by atoms with Crippen molar-refractivity contribution >= 4 is 5.78 Å². The summed E-state index contributed by atoms with van der Waals surface area (Å²) < 4.78 is 0. The molecule has 0 aromatic rings. The molecule has 80 valence electrons. The minimum atomic E-state index is -0.360. The number of fused-ring (bicyclic) bond motifs is 1. The van der Waals surface area contributed by atoms with E-state index in [-0.39, 0.29) is 17.4 Å². The highest BCUT2D eigenvalue weighted by molar-refractivity contribution is 5.90. The Morgan fingerprint density at radius 2 is 2.27 bits per heavy atom. The van der Waals surface area contributed by atoms with Gasteiger partial charge < -0.3 is 5.11 Å². The highest BCUT2D eigenvalue weighted by Gasteiger charge is 2.52. The largest absolute Gasteiger partial charge is 0.392 e. The molecule has 0 amide bonds. The fraction of sp³-hybridized carbons (Fsp3) is 0.615. The van der Waals surface area contributed by atoms with E-state index in [1.54, 1.807) is 0 Å². The molecule has 0 radical (unpaired) electrons. The van der Waals surface area contributed by atoms with Gasteiger partial charge in [0.2, 0.25) is 0 Å². The summed E-state index contributed by atoms with van der Waals surface area (Å²) in [5.74, 6) is 0.887. The third-order valence-electron chi connectivity index (χ3n) is 4.32. The van der Waals surface area contributed by atoms with Crippen LogP contribution in [0.15, 0.2) is 24.3 Å². The predicted octanol–water partition coefficient (Wildman–Crippen LogP) is 1.85. The Labute approximate surface area is 89.7 Å². The molecule has 4 rings (SSSR count). The van der Waals surface area contributed by atoms with Crippen LogP contribution < -0.4 is 0 Å². The first kappa shape index (κ1) is 9.34. The fourth-order valence-electron chi connectivity index (χ4n) is 3.44. The predicted molar refractivity (Wildman–Crippen MR) is 57.2 cm³/mol. The minimum Gasteiger partial charge on any atom is -0.392 e. The van der Waals surface area contributed by atoms with E-state index in [0.29, 0.717) is 24.5 Å². The molecule has 0 saturated heterocycles. The molecule has 2 nitrogen and oxygen atoms in total. The van der Waals surface area contributed by atoms with Gasteiger partial charge in [0.25, 0.3) is 0 Å². The topological polar surface area (TPSA) is 37.3 Å². The van der Waals surface area contributed by atoms with Gasteiger partial charge in [-0.25, -0.2) is 0 Å². The number of hydrogen-bond acceptors (Lipinski definition) is 2. The third-order valence-corrected chi connectivity index (χ3v) is 4.32. The number of ketones is 1. The zero-order chi connectivity index (χ0) is 10.5. The van der Waals surface area contributed by atoms with Crippen molar-refractivity contribution in [2.24, 2.45) is 17.3 Å². The number of allylic oxidation sites excluding steroid dienone is 3. The molecule has 1 N–H and O–H groups in total. The molecule has 1 spiro atoms. The van der Waals surface area contributed by atoms with Gasteiger partial charge in [-0.1, -0.05) is 24.3 Å². The van der Waals surface area contributed by atoms with Gasteiger partial charge in [-0.3, -0.25) is 4.79 Å². The summed E-state index contributed by atoms with van der Waals surface area (Å²) in [6.07, 6.45) is 11.2. The van der Waals surface area contributed by atoms with E-state index in [1.165, 1.54) is 0 Å². The zero-order valence-electron chi connectivity index (χ0n) is 8.73. The van der Waals surface area contributed by atoms with Crippen LogP contribution >= 0.6 is 0 Å². The molecule has 0 aliphatic heterocycles. The van der Waals surface area contributed by atoms with Gasteiger partial charge in [-0.2, -0.15) is 0 Å². The highest BCUT2D eigenvalue weighted by atomic mass is 16.3. The van der Waals surface area contributed by atoms with Crippen molar-refractivity contribution in [2.75, 3.05) is 0 Å². The average Bonchev–Trinajstić information content (AvgIpc) is 2.40. The van der Waals surface area contributed by atoms with Gasteiger partial charge in [0.1, 0.15) is 5.78 Å². The van der Waals surface area contributed by atoms with Gasteiger partial charge in [-0.05, 0) is 25.2 Å². The number of carbonyl (C=O) groups is 1. The maximum atomic E-state index is 12.1. The van der Waals surface area contributed by atoms with Crippen molar-refractivity contribution in [3.63, 3.8) is 0 Å². The van der Waals surface area contributed by atoms with Gasteiger partial charge >= 0.3 is 0 Å². The van der Waals surface area contributed by atoms with Gasteiger partial charge in [0.15, 0.2) is 0 Å². The molecular weight excluding hydrogens is 188 g/mol. The number of aliphatic hydroxyl groups excluding tert-OH is 1. The lowest BCUT2D eigenvalue weighted by atomic mass is 9.56. The van der Waals surface area contributed by atoms with Crippen LogP contribution in [-0.2, 0) is 4.79 Å². The zero-order valence-corrected chi connectivity index (χ0v) is 8.73. The monoisotopic (exact) mass is 204 g/mol. The Hall–Kier alpha value is -0.890. The quantitative estimate of drug-likeness (QED) is 0.611. The van der Waals surface area contributed by atoms with Crippen LogP contribution in [0.5, 0.6) is 0 Å². The van der Waals surface area contributed by atoms with Crippen LogP contribution in [0.3, 0.4) is 0 Å². The molecule has 0 aromatic heterocycles. The van der Waals surface area contributed by atoms with Crippen molar-refractivity contribution in [1.29, 1.82) is 0 Å². The van der Waals surface area contributed by atoms with E-state index in [2.05, 4.69) is 18.2 Å². The molecule has 4 atom stereocenters. The lowest BCUT2D eigenvalue weighted by Crippen LogP contribution is -2.49. The molecular formula is C13H16O2. The molecule has 1 saturated carbocycles. The number of aliphatic hydroxyl groups is 1. The molecule has 1 unspecified atom stereocenters. The summed E-state index contributed by atoms with van der Waals surface area (Å²) in [6.45, 7) is 0. The maximum absolute atomic E-state index is 12.1. The van der Waals surface area contributed by atoms with Gasteiger partial charge in [-0.15, -0.1) is 0 Å². The van der Waals surface area contributed by atoms with E-state index in [4.69, 9.17) is 0 Å². The summed E-state index contributed by atoms with van der Waals surface area (Å²) in [4.78, 5) is 12.1. The SMILES string of the molecule is O=C1C[C@@H]2C=C[C@]13CC=CC[C@@H](O)C3C2. The summed E-state index contributed by atoms with van der Waals surface area (Å²) in [5, 5.41) is 10.1. The lowest BCUT2D eigenvalue weighted by Gasteiger charge is -2.47. The van der Waals surface area contributed by atoms with Crippen molar-refractivity contribution in [2.45, 2.75) is 31.8 Å². The van der Waals surface area contributed by atoms with Crippen LogP contribution in [0.1, 0.15) is 25.7 Å². The van der Waals surface area contributed by atoms with Crippen LogP contribution in [0.4, 0.5) is 0 Å². The van der Waals surface area contributed by atoms with E-state index in [1.807, 2.05) is 6.08 Å². The fourth-order valence-corrected chi connectivity index (χ4v) is 3.44. The Kier molecular flexibility index (Phi) is 1.90. The lowest BCUT2D eigenvalue weighted by molar-refractivity contribution is -0.138. The van der Waals surface area contributed by atoms with E-state index >= 15 is 0 Å². The molecule has 2 bridgehead atoms. The normalized spacial score (nSPS) is 47.8. The van der Waals surface area contributed by atoms with E-state index < -0.39 is 0 Å². The van der Waals surface area contributed by atoms with Crippen LogP contribution in [0, 0.1) is 17.3 Å². The molecule has 4 aliphatic carbocycles. The van der Waals surface area contributed by atoms with Gasteiger partial charge in [0.05, 0.1) is 11.5 Å². The van der Waals surface area contributed by atoms with Crippen molar-refractivity contribution in [3.05, 3.63) is 24.3 Å². The van der Waals surface area contributed by atoms with E-state index in [0.717, 1.165) is 12.8 Å². The summed E-state index contributed by atoms with van der Waals surface area (Å²) >= 11 is 0. The molecule has 15 heavy (non-hydrogen) atoms. The first-order valence-electron chi connectivity index (χ1n) is 5.78. The van der Waals surface area contributed by atoms with Crippen LogP contribution in [0.2, 0.25) is 0 Å². The first-order valence-corrected chi connectivity index (χ1v) is 5.78. The van der Waals surface area contributed by atoms with Crippen molar-refractivity contribution in [1.82, 2.24) is 0 Å². The average molecular weight is 204 g/mol. The van der Waals surface area contributed by atoms with Crippen molar-refractivity contribution in [3.8, 4) is 0 Å². The summed E-state index contributed by atoms with van der Waals surface area (Å²) in [6, 6.07) is 0. The molecule has 1 fully saturated rings. The Balaban J connectivity index is 2.08. The Morgan fingerprint density at radius 1 is 1.40 bits per heavy atom. The second kappa shape index (κ2) is 3.05. The number of carbonyl (C=O) groups excluding carboxylic acids is 1. The molecule has 0 aromatic carbocycles. The minimum absolute atomic E-state index is 0.156. The van der Waals surface area contributed by atoms with Crippen LogP contribution in [-0.4, -0.2) is 17.0 Å². The first-order chi connectivity index (χ1) is 7.22. The summed E-state index contributed by atoms with van der Waals surface area (Å²) in [5.41, 5.74) is -0.360. The second-order valence-electron chi connectivity index (χ2n) is 5.11. The molecule has 2 heteroatoms. The van der Waals surface area contributed by atoms with E-state index in [9.17, 15) is 9.90 Å². The van der Waals surface area contributed by atoms with Gasteiger partial charge in [0, 0.05) is 12.3 Å². The Bertz CT molecular complexity index is 356. The number of rotatable bonds is 0. The van der Waals surface area contributed by atoms with Crippen LogP contribution in [0.25, 0.3) is 0 Å². The number of Topliss-reactive ketones (excluding diaryl/α,β-unsaturated/α-hetero) is 1. The smallest absolute Gasteiger partial charge is 0.144 e. The van der Waals surface area contributed by atoms with Crippen molar-refractivity contribution < 1.29 is 9.90 Å². The maximum Gasteiger partial charge on any atom is 0.144 e. The molecule has 4 aliphatic rings. The molecule has 0 heterocycles. The second-order valence-corrected chi connectivity index (χ2v) is 5.11. The third kappa shape index (κ3) is 1.18.